The van der Waals surface area contributed by atoms with Gasteiger partial charge in [0.05, 0.1) is 11.5 Å². The van der Waals surface area contributed by atoms with E-state index in [0.29, 0.717) is 38.5 Å². The number of alkyl halides is 3. The molecule has 8 heteroatoms. The summed E-state index contributed by atoms with van der Waals surface area (Å²) >= 11 is 0. The highest BCUT2D eigenvalue weighted by atomic mass is 19.4. The quantitative estimate of drug-likeness (QED) is 0.342. The molecule has 5 aliphatic carbocycles. The van der Waals surface area contributed by atoms with Gasteiger partial charge in [0.2, 0.25) is 5.91 Å². The zero-order valence-corrected chi connectivity index (χ0v) is 25.6. The van der Waals surface area contributed by atoms with E-state index in [-0.39, 0.29) is 35.2 Å². The van der Waals surface area contributed by atoms with Crippen LogP contribution in [0.2, 0.25) is 0 Å². The van der Waals surface area contributed by atoms with Gasteiger partial charge in [-0.05, 0) is 79.4 Å². The third-order valence-electron chi connectivity index (χ3n) is 14.5. The highest BCUT2D eigenvalue weighted by Crippen LogP contribution is 2.80. The van der Waals surface area contributed by atoms with Crippen LogP contribution in [0.25, 0.3) is 0 Å². The maximum absolute atomic E-state index is 15.0. The van der Waals surface area contributed by atoms with Gasteiger partial charge in [-0.2, -0.15) is 18.4 Å². The fourth-order valence-electron chi connectivity index (χ4n) is 12.6. The van der Waals surface area contributed by atoms with Gasteiger partial charge in [-0.3, -0.25) is 14.4 Å². The van der Waals surface area contributed by atoms with Crippen LogP contribution in [-0.4, -0.2) is 40.6 Å². The predicted molar refractivity (Wildman–Crippen MR) is 146 cm³/mol. The summed E-state index contributed by atoms with van der Waals surface area (Å²) in [5, 5.41) is 9.99. The van der Waals surface area contributed by atoms with E-state index in [0.717, 1.165) is 17.7 Å². The Bertz CT molecular complexity index is 1280. The first kappa shape index (κ1) is 29.2. The maximum atomic E-state index is 15.0. The second-order valence-corrected chi connectivity index (χ2v) is 16.8. The number of nitrogens with zero attached hydrogens (tertiary/aromatic N) is 2. The fourth-order valence-corrected chi connectivity index (χ4v) is 12.6. The van der Waals surface area contributed by atoms with Gasteiger partial charge in [0.25, 0.3) is 0 Å². The Kier molecular flexibility index (Phi) is 5.67. The topological polar surface area (TPSA) is 78.2 Å². The van der Waals surface area contributed by atoms with Crippen LogP contribution in [0.4, 0.5) is 13.2 Å². The van der Waals surface area contributed by atoms with Crippen LogP contribution in [0.3, 0.4) is 0 Å². The SMILES string of the molecule is CC1(C)CC[C@]23CC[C@@]4(C)[C@]5(C)CC[C@H]6C(C)(C)C(=O)C(C#N)C[C@]6(C)[C@H]5CC(=O)[C@@]4([C@@H]2C1)N(CC(F)(F)F)C3=O. The molecule has 0 aromatic rings. The van der Waals surface area contributed by atoms with Crippen molar-refractivity contribution in [2.24, 2.45) is 56.2 Å². The van der Waals surface area contributed by atoms with Crippen LogP contribution in [0.1, 0.15) is 106 Å². The van der Waals surface area contributed by atoms with E-state index >= 15 is 4.79 Å². The number of carbonyl (C=O) groups is 3. The van der Waals surface area contributed by atoms with Gasteiger partial charge in [-0.1, -0.05) is 48.5 Å². The summed E-state index contributed by atoms with van der Waals surface area (Å²) in [5.74, 6) is -2.13. The number of carbonyl (C=O) groups excluding carboxylic acids is 3. The minimum atomic E-state index is -4.62. The van der Waals surface area contributed by atoms with Crippen LogP contribution in [0.15, 0.2) is 0 Å². The van der Waals surface area contributed by atoms with Crippen molar-refractivity contribution in [1.82, 2.24) is 4.90 Å². The van der Waals surface area contributed by atoms with E-state index in [1.54, 1.807) is 0 Å². The number of nitriles is 1. The lowest BCUT2D eigenvalue weighted by atomic mass is 9.30. The molecule has 1 spiro atoms. The first-order chi connectivity index (χ1) is 18.7. The molecule has 6 aliphatic rings. The highest BCUT2D eigenvalue weighted by molar-refractivity contribution is 6.02. The van der Waals surface area contributed by atoms with E-state index < -0.39 is 63.1 Å². The number of Topliss-reactive ketones (excluding diaryl/α,β-unsaturated/α-hetero) is 2. The lowest BCUT2D eigenvalue weighted by Crippen LogP contribution is -2.78. The Balaban J connectivity index is 1.56. The molecule has 0 aromatic heterocycles. The average molecular weight is 575 g/mol. The van der Waals surface area contributed by atoms with E-state index in [4.69, 9.17) is 0 Å². The number of rotatable bonds is 1. The third-order valence-corrected chi connectivity index (χ3v) is 14.5. The van der Waals surface area contributed by atoms with E-state index in [2.05, 4.69) is 33.8 Å². The van der Waals surface area contributed by atoms with Crippen LogP contribution in [-0.2, 0) is 14.4 Å². The van der Waals surface area contributed by atoms with Crippen LogP contribution in [0.5, 0.6) is 0 Å². The summed E-state index contributed by atoms with van der Waals surface area (Å²) in [6, 6.07) is 2.25. The molecule has 5 saturated carbocycles. The summed E-state index contributed by atoms with van der Waals surface area (Å²) in [4.78, 5) is 43.8. The van der Waals surface area contributed by atoms with Gasteiger partial charge < -0.3 is 4.90 Å². The lowest BCUT2D eigenvalue weighted by molar-refractivity contribution is -0.252. The summed E-state index contributed by atoms with van der Waals surface area (Å²) < 4.78 is 43.0. The standard InChI is InChI=1S/C33H45F3N2O3/c1-26(2)10-12-31-13-11-30(7)29(6)9-8-20-27(3,4)24(40)19(17-37)15-28(20,5)21(29)14-23(39)33(30,22(31)16-26)38(25(31)41)18-32(34,35)36/h19-22H,8-16,18H2,1-7H3/t19?,20-,21+,22+,28-,29+,30-,31-,33+/m0/s1. The normalized spacial score (nSPS) is 49.9. The number of amides is 1. The first-order valence-corrected chi connectivity index (χ1v) is 15.5. The zero-order chi connectivity index (χ0) is 30.4. The van der Waals surface area contributed by atoms with Crippen molar-refractivity contribution in [1.29, 1.82) is 5.26 Å². The van der Waals surface area contributed by atoms with Crippen LogP contribution < -0.4 is 0 Å². The first-order valence-electron chi connectivity index (χ1n) is 15.5. The molecule has 226 valence electrons. The van der Waals surface area contributed by atoms with Gasteiger partial charge >= 0.3 is 6.18 Å². The Morgan fingerprint density at radius 3 is 2.12 bits per heavy atom. The van der Waals surface area contributed by atoms with Gasteiger partial charge in [-0.15, -0.1) is 0 Å². The summed E-state index contributed by atoms with van der Waals surface area (Å²) in [7, 11) is 0. The van der Waals surface area contributed by atoms with E-state index in [1.165, 1.54) is 0 Å². The van der Waals surface area contributed by atoms with Crippen molar-refractivity contribution in [2.75, 3.05) is 6.54 Å². The molecular formula is C33H45F3N2O3. The number of hydrogen-bond donors (Lipinski definition) is 0. The second-order valence-electron chi connectivity index (χ2n) is 16.8. The molecule has 9 atom stereocenters. The number of ketones is 2. The predicted octanol–water partition coefficient (Wildman–Crippen LogP) is 6.89. The zero-order valence-electron chi connectivity index (χ0n) is 25.6. The monoisotopic (exact) mass is 574 g/mol. The minimum Gasteiger partial charge on any atom is -0.319 e. The number of likely N-dealkylation sites (tertiary alicyclic amines) is 1. The van der Waals surface area contributed by atoms with Gasteiger partial charge in [0.15, 0.2) is 11.6 Å². The molecule has 6 fully saturated rings. The average Bonchev–Trinajstić information content (AvgIpc) is 2.99. The molecule has 0 radical (unpaired) electrons. The molecule has 1 unspecified atom stereocenters. The van der Waals surface area contributed by atoms with Crippen molar-refractivity contribution in [3.8, 4) is 6.07 Å². The molecule has 1 amide bonds. The van der Waals surface area contributed by atoms with Gasteiger partial charge in [0, 0.05) is 23.2 Å². The van der Waals surface area contributed by atoms with Crippen LogP contribution in [0, 0.1) is 67.5 Å². The smallest absolute Gasteiger partial charge is 0.319 e. The van der Waals surface area contributed by atoms with Crippen molar-refractivity contribution in [3.05, 3.63) is 0 Å². The van der Waals surface area contributed by atoms with E-state index in [9.17, 15) is 28.0 Å². The molecule has 1 saturated heterocycles. The summed E-state index contributed by atoms with van der Waals surface area (Å²) in [5.41, 5.74) is -5.21. The fraction of sp³-hybridized carbons (Fsp3) is 0.879. The Labute approximate surface area is 242 Å². The number of hydrogen-bond acceptors (Lipinski definition) is 4. The Hall–Kier alpha value is -1.91. The van der Waals surface area contributed by atoms with Crippen molar-refractivity contribution in [3.63, 3.8) is 0 Å². The van der Waals surface area contributed by atoms with E-state index in [1.807, 2.05) is 20.8 Å². The molecule has 41 heavy (non-hydrogen) atoms. The highest BCUT2D eigenvalue weighted by Gasteiger charge is 2.84. The van der Waals surface area contributed by atoms with Crippen molar-refractivity contribution < 1.29 is 27.6 Å². The molecule has 0 aromatic carbocycles. The molecule has 2 bridgehead atoms. The van der Waals surface area contributed by atoms with Crippen LogP contribution >= 0.6 is 0 Å². The number of fused-ring (bicyclic) bond motifs is 4. The summed E-state index contributed by atoms with van der Waals surface area (Å²) in [6.45, 7) is 13.1. The molecule has 6 rings (SSSR count). The summed E-state index contributed by atoms with van der Waals surface area (Å²) in [6.07, 6.45) is 0.156. The maximum Gasteiger partial charge on any atom is 0.406 e. The molecule has 0 N–H and O–H groups in total. The number of halogens is 3. The molecule has 5 nitrogen and oxygen atoms in total. The Morgan fingerprint density at radius 1 is 0.878 bits per heavy atom. The van der Waals surface area contributed by atoms with Crippen molar-refractivity contribution in [2.45, 2.75) is 118 Å². The van der Waals surface area contributed by atoms with Crippen molar-refractivity contribution >= 4 is 17.5 Å². The largest absolute Gasteiger partial charge is 0.406 e. The minimum absolute atomic E-state index is 0.0246. The lowest BCUT2D eigenvalue weighted by Gasteiger charge is -2.74. The molecule has 1 heterocycles. The molecule has 1 aliphatic heterocycles. The molecular weight excluding hydrogens is 529 g/mol. The van der Waals surface area contributed by atoms with Gasteiger partial charge in [-0.25, -0.2) is 0 Å². The van der Waals surface area contributed by atoms with Gasteiger partial charge in [0.1, 0.15) is 18.0 Å². The Morgan fingerprint density at radius 2 is 1.51 bits per heavy atom. The third kappa shape index (κ3) is 3.17. The second kappa shape index (κ2) is 7.97.